The van der Waals surface area contributed by atoms with Gasteiger partial charge in [-0.2, -0.15) is 9.97 Å². The Labute approximate surface area is 720 Å². The number of benzene rings is 8. The number of halogens is 1. The monoisotopic (exact) mass is 1610 g/mol. The zero-order chi connectivity index (χ0) is 88.8. The fourth-order valence-electron chi connectivity index (χ4n) is 13.9. The quantitative estimate of drug-likeness (QED) is 0.139. The maximum Gasteiger partial charge on any atom is 0.494 e. The second-order valence-corrected chi connectivity index (χ2v) is 47.5. The number of hydrogen-bond acceptors (Lipinski definition) is 8. The van der Waals surface area contributed by atoms with E-state index in [1.807, 2.05) is 0 Å². The molecule has 10 heteroatoms. The molecular weight excluding hydrogens is 1460 g/mol. The molecule has 2 aromatic heterocycles. The standard InChI is InChI=1S/C51H67N3.C31H42ClN3.C26H37BO2/c1-46(2,3)37-23-34(24-38(29-37)47(4,5)6)32-20-19-21-33(22-32)43-52-44(35-25-39(48(7,8)9)30-40(26-35)49(10,11)12)54-45(53-43)36-27-41(50(13,14)15)31-42(28-36)51(16,17)18;1-28(2,3)21-13-19(14-22(17-21)29(4,5)6)25-33-26(35-27(32)34-25)20-15-23(30(7,8)9)18-24(16-20)31(10,11)12;1-23(2,3)20-14-19(15-21(17-20)24(4,5)6)18-12-11-13-22(16-18)27-28-25(7,8)26(9,10)29-27/h19-31H,1-18H3;13-18H,1-12H3;11-17H,1-10H3. The average Bonchev–Trinajstić information content (AvgIpc) is 1.39. The summed E-state index contributed by atoms with van der Waals surface area (Å²) >= 11 is 6.51. The maximum absolute atomic E-state index is 6.51. The van der Waals surface area contributed by atoms with Crippen molar-refractivity contribution in [2.45, 2.75) is 353 Å². The second kappa shape index (κ2) is 32.8. The van der Waals surface area contributed by atoms with Crippen LogP contribution in [-0.4, -0.2) is 48.2 Å². The lowest BCUT2D eigenvalue weighted by atomic mass is 9.76. The van der Waals surface area contributed by atoms with Crippen molar-refractivity contribution in [2.24, 2.45) is 0 Å². The first kappa shape index (κ1) is 93.9. The third-order valence-electron chi connectivity index (χ3n) is 23.5. The molecule has 0 saturated carbocycles. The van der Waals surface area contributed by atoms with Crippen LogP contribution in [0.1, 0.15) is 344 Å². The minimum Gasteiger partial charge on any atom is -0.399 e. The van der Waals surface area contributed by atoms with Crippen LogP contribution in [0.15, 0.2) is 158 Å². The Morgan fingerprint density at radius 1 is 0.212 bits per heavy atom. The first-order valence-electron chi connectivity index (χ1n) is 43.1. The highest BCUT2D eigenvalue weighted by molar-refractivity contribution is 6.62. The maximum atomic E-state index is 6.51. The summed E-state index contributed by atoms with van der Waals surface area (Å²) in [6.07, 6.45) is 0. The van der Waals surface area contributed by atoms with E-state index in [4.69, 9.17) is 40.8 Å². The van der Waals surface area contributed by atoms with Crippen LogP contribution in [0.25, 0.3) is 79.2 Å². The van der Waals surface area contributed by atoms with Gasteiger partial charge in [0.1, 0.15) is 0 Å². The highest BCUT2D eigenvalue weighted by Gasteiger charge is 2.52. The molecule has 3 heterocycles. The summed E-state index contributed by atoms with van der Waals surface area (Å²) in [5, 5.41) is 0.210. The fourth-order valence-corrected chi connectivity index (χ4v) is 14.0. The fraction of sp³-hybridized carbons (Fsp3) is 0.500. The Morgan fingerprint density at radius 3 is 0.610 bits per heavy atom. The minimum atomic E-state index is -0.340. The summed E-state index contributed by atoms with van der Waals surface area (Å²) in [4.78, 5) is 30.0. The lowest BCUT2D eigenvalue weighted by Crippen LogP contribution is -2.41. The molecule has 1 aliphatic rings. The van der Waals surface area contributed by atoms with E-state index in [1.54, 1.807) is 0 Å². The second-order valence-electron chi connectivity index (χ2n) is 47.1. The van der Waals surface area contributed by atoms with E-state index in [0.29, 0.717) is 29.1 Å². The van der Waals surface area contributed by atoms with Gasteiger partial charge in [-0.15, -0.1) is 0 Å². The molecule has 8 nitrogen and oxygen atoms in total. The van der Waals surface area contributed by atoms with Crippen LogP contribution < -0.4 is 5.46 Å². The molecule has 0 spiro atoms. The SMILES string of the molecule is CC(C)(C)c1cc(-c2cccc(-c3nc(-c4cc(C(C)(C)C)cc(C(C)(C)C)c4)nc(-c4cc(C(C)(C)C)cc(C(C)(C)C)c4)n3)c2)cc(C(C)(C)C)c1.CC(C)(C)c1cc(-c2cccc(B3OC(C)(C)C(C)(C)O3)c2)cc(C(C)(C)C)c1.CC(C)(C)c1cc(-c2nc(Cl)nc(-c3cc(C(C)(C)C)cc(C(C)(C)C)c3)n2)cc(C(C)(C)C)c1. The topological polar surface area (TPSA) is 95.8 Å². The number of nitrogens with zero attached hydrogens (tertiary/aromatic N) is 6. The molecule has 8 aromatic carbocycles. The molecule has 1 fully saturated rings. The number of hydrogen-bond donors (Lipinski definition) is 0. The normalized spacial score (nSPS) is 14.7. The van der Waals surface area contributed by atoms with Crippen molar-refractivity contribution in [1.29, 1.82) is 0 Å². The Morgan fingerprint density at radius 2 is 0.390 bits per heavy atom. The summed E-state index contributed by atoms with van der Waals surface area (Å²) in [5.41, 5.74) is 25.7. The van der Waals surface area contributed by atoms with E-state index >= 15 is 0 Å². The van der Waals surface area contributed by atoms with E-state index in [9.17, 15) is 0 Å². The zero-order valence-electron chi connectivity index (χ0n) is 80.5. The van der Waals surface area contributed by atoms with Gasteiger partial charge in [-0.3, -0.25) is 0 Å². The Bertz CT molecular complexity index is 4900. The van der Waals surface area contributed by atoms with Crippen LogP contribution in [0.5, 0.6) is 0 Å². The predicted molar refractivity (Wildman–Crippen MR) is 509 cm³/mol. The van der Waals surface area contributed by atoms with Gasteiger partial charge in [0.25, 0.3) is 0 Å². The van der Waals surface area contributed by atoms with Gasteiger partial charge in [0.2, 0.25) is 5.28 Å². The van der Waals surface area contributed by atoms with Crippen molar-refractivity contribution >= 4 is 24.2 Å². The smallest absolute Gasteiger partial charge is 0.399 e. The van der Waals surface area contributed by atoms with Crippen LogP contribution in [0.2, 0.25) is 5.28 Å². The molecule has 0 aliphatic carbocycles. The number of aromatic nitrogens is 6. The molecule has 0 unspecified atom stereocenters. The molecular formula is C108H146BClN6O2. The molecule has 0 bridgehead atoms. The van der Waals surface area contributed by atoms with Crippen molar-refractivity contribution in [1.82, 2.24) is 29.9 Å². The molecule has 11 rings (SSSR count). The van der Waals surface area contributed by atoms with Gasteiger partial charge < -0.3 is 9.31 Å². The van der Waals surface area contributed by atoms with E-state index in [0.717, 1.165) is 38.8 Å². The summed E-state index contributed by atoms with van der Waals surface area (Å²) < 4.78 is 12.5. The van der Waals surface area contributed by atoms with Crippen molar-refractivity contribution in [3.63, 3.8) is 0 Å². The van der Waals surface area contributed by atoms with Gasteiger partial charge in [0, 0.05) is 27.8 Å². The van der Waals surface area contributed by atoms with Gasteiger partial charge in [-0.1, -0.05) is 352 Å². The highest BCUT2D eigenvalue weighted by atomic mass is 35.5. The summed E-state index contributed by atoms with van der Waals surface area (Å²) in [6, 6.07) is 58.7. The summed E-state index contributed by atoms with van der Waals surface area (Å²) in [7, 11) is -0.340. The number of rotatable bonds is 8. The summed E-state index contributed by atoms with van der Waals surface area (Å²) in [6.45, 7) is 89.9. The molecule has 10 aromatic rings. The molecule has 118 heavy (non-hydrogen) atoms. The van der Waals surface area contributed by atoms with Crippen LogP contribution in [0.4, 0.5) is 0 Å². The third-order valence-corrected chi connectivity index (χ3v) is 23.6. The molecule has 0 radical (unpaired) electrons. The van der Waals surface area contributed by atoms with Gasteiger partial charge in [-0.25, -0.2) is 19.9 Å². The molecule has 0 atom stereocenters. The predicted octanol–water partition coefficient (Wildman–Crippen LogP) is 29.6. The van der Waals surface area contributed by atoms with Gasteiger partial charge >= 0.3 is 7.12 Å². The molecule has 1 aliphatic heterocycles. The zero-order valence-corrected chi connectivity index (χ0v) is 81.2. The Balaban J connectivity index is 0.000000214. The van der Waals surface area contributed by atoms with E-state index in [2.05, 4.69) is 445 Å². The van der Waals surface area contributed by atoms with Crippen molar-refractivity contribution < 1.29 is 9.31 Å². The Kier molecular flexibility index (Phi) is 26.1. The molecule has 0 N–H and O–H groups in total. The lowest BCUT2D eigenvalue weighted by molar-refractivity contribution is 0.00578. The van der Waals surface area contributed by atoms with Crippen LogP contribution >= 0.6 is 11.6 Å². The van der Waals surface area contributed by atoms with Crippen molar-refractivity contribution in [2.75, 3.05) is 0 Å². The summed E-state index contributed by atoms with van der Waals surface area (Å²) in [5.74, 6) is 3.28. The molecule has 0 amide bonds. The molecule has 1 saturated heterocycles. The van der Waals surface area contributed by atoms with Crippen LogP contribution in [0.3, 0.4) is 0 Å². The first-order chi connectivity index (χ1) is 53.3. The van der Waals surface area contributed by atoms with Gasteiger partial charge in [0.15, 0.2) is 29.1 Å². The van der Waals surface area contributed by atoms with Crippen LogP contribution in [-0.2, 0) is 74.3 Å². The largest absolute Gasteiger partial charge is 0.494 e. The van der Waals surface area contributed by atoms with Gasteiger partial charge in [0.05, 0.1) is 11.2 Å². The van der Waals surface area contributed by atoms with Crippen LogP contribution in [0, 0.1) is 0 Å². The highest BCUT2D eigenvalue weighted by Crippen LogP contribution is 2.44. The first-order valence-corrected chi connectivity index (χ1v) is 43.5. The molecule has 630 valence electrons. The third kappa shape index (κ3) is 23.2. The van der Waals surface area contributed by atoms with Gasteiger partial charge in [-0.05, 0) is 253 Å². The lowest BCUT2D eigenvalue weighted by Gasteiger charge is -2.32. The van der Waals surface area contributed by atoms with E-state index in [-0.39, 0.29) is 88.6 Å². The van der Waals surface area contributed by atoms with Crippen molar-refractivity contribution in [3.05, 3.63) is 230 Å². The Hall–Kier alpha value is -7.95. The van der Waals surface area contributed by atoms with E-state index in [1.165, 1.54) is 83.5 Å². The average molecular weight is 1610 g/mol. The minimum absolute atomic E-state index is 0.00167. The van der Waals surface area contributed by atoms with E-state index < -0.39 is 0 Å². The van der Waals surface area contributed by atoms with Crippen molar-refractivity contribution in [3.8, 4) is 79.2 Å².